The number of ether oxygens (including phenoxy) is 1. The number of aromatic nitrogens is 2. The lowest BCUT2D eigenvalue weighted by Crippen LogP contribution is -2.02. The number of methoxy groups -OCH3 is 1. The second kappa shape index (κ2) is 5.66. The molecular formula is C16H15N3O2. The van der Waals surface area contributed by atoms with Gasteiger partial charge in [-0.1, -0.05) is 12.1 Å². The molecule has 0 radical (unpaired) electrons. The van der Waals surface area contributed by atoms with Crippen molar-refractivity contribution in [3.63, 3.8) is 0 Å². The summed E-state index contributed by atoms with van der Waals surface area (Å²) in [7, 11) is 1.61. The van der Waals surface area contributed by atoms with E-state index < -0.39 is 0 Å². The molecule has 2 heterocycles. The number of pyridine rings is 2. The minimum absolute atomic E-state index is 0.192. The Labute approximate surface area is 122 Å². The second-order valence-electron chi connectivity index (χ2n) is 4.58. The Morgan fingerprint density at radius 1 is 1.14 bits per heavy atom. The Morgan fingerprint density at radius 2 is 2.05 bits per heavy atom. The van der Waals surface area contributed by atoms with Gasteiger partial charge in [-0.25, -0.2) is 4.98 Å². The first kappa shape index (κ1) is 13.2. The van der Waals surface area contributed by atoms with Crippen LogP contribution in [0.3, 0.4) is 0 Å². The van der Waals surface area contributed by atoms with Crippen molar-refractivity contribution in [2.45, 2.75) is 6.54 Å². The van der Waals surface area contributed by atoms with Crippen molar-refractivity contribution < 1.29 is 9.84 Å². The molecule has 3 rings (SSSR count). The van der Waals surface area contributed by atoms with Gasteiger partial charge < -0.3 is 15.2 Å². The van der Waals surface area contributed by atoms with Gasteiger partial charge in [0.15, 0.2) is 0 Å². The third kappa shape index (κ3) is 2.72. The fourth-order valence-corrected chi connectivity index (χ4v) is 2.16. The molecule has 3 aromatic rings. The summed E-state index contributed by atoms with van der Waals surface area (Å²) in [6, 6.07) is 11.1. The van der Waals surface area contributed by atoms with Gasteiger partial charge >= 0.3 is 0 Å². The van der Waals surface area contributed by atoms with Crippen LogP contribution in [0.4, 0.5) is 5.82 Å². The Bertz CT molecular complexity index is 757. The Balaban J connectivity index is 1.83. The highest BCUT2D eigenvalue weighted by atomic mass is 16.5. The van der Waals surface area contributed by atoms with Crippen LogP contribution in [0.5, 0.6) is 11.5 Å². The molecule has 2 aromatic heterocycles. The monoisotopic (exact) mass is 281 g/mol. The zero-order valence-electron chi connectivity index (χ0n) is 11.6. The average Bonchev–Trinajstić information content (AvgIpc) is 2.55. The van der Waals surface area contributed by atoms with Gasteiger partial charge in [0.05, 0.1) is 13.3 Å². The Kier molecular flexibility index (Phi) is 3.55. The van der Waals surface area contributed by atoms with E-state index in [-0.39, 0.29) is 5.75 Å². The number of hydrogen-bond donors (Lipinski definition) is 2. The molecule has 0 amide bonds. The lowest BCUT2D eigenvalue weighted by molar-refractivity contribution is 0.413. The van der Waals surface area contributed by atoms with Gasteiger partial charge in [-0.15, -0.1) is 0 Å². The van der Waals surface area contributed by atoms with Crippen molar-refractivity contribution in [2.24, 2.45) is 0 Å². The third-order valence-electron chi connectivity index (χ3n) is 3.27. The smallest absolute Gasteiger partial charge is 0.141 e. The molecule has 0 saturated heterocycles. The van der Waals surface area contributed by atoms with Gasteiger partial charge in [-0.05, 0) is 29.8 Å². The summed E-state index contributed by atoms with van der Waals surface area (Å²) in [5, 5.41) is 14.0. The number of phenolic OH excluding ortho intramolecular Hbond substituents is 1. The van der Waals surface area contributed by atoms with E-state index in [1.165, 1.54) is 0 Å². The number of hydrogen-bond acceptors (Lipinski definition) is 5. The molecule has 106 valence electrons. The number of nitrogens with one attached hydrogen (secondary N) is 1. The summed E-state index contributed by atoms with van der Waals surface area (Å²) in [5.74, 6) is 1.68. The number of benzene rings is 1. The highest BCUT2D eigenvalue weighted by molar-refractivity contribution is 5.87. The Morgan fingerprint density at radius 3 is 2.81 bits per heavy atom. The van der Waals surface area contributed by atoms with Crippen LogP contribution in [0.1, 0.15) is 5.56 Å². The van der Waals surface area contributed by atoms with Crippen LogP contribution in [0.25, 0.3) is 10.9 Å². The molecule has 5 heteroatoms. The van der Waals surface area contributed by atoms with Gasteiger partial charge in [-0.2, -0.15) is 0 Å². The molecule has 0 aliphatic rings. The van der Waals surface area contributed by atoms with Gasteiger partial charge in [0.2, 0.25) is 0 Å². The SMILES string of the molecule is COc1ccc(NCc2ccc(O)c3ncccc23)nc1. The molecule has 1 aromatic carbocycles. The standard InChI is InChI=1S/C16H15N3O2/c1-21-12-5-7-15(19-10-12)18-9-11-4-6-14(20)16-13(11)3-2-8-17-16/h2-8,10,20H,9H2,1H3,(H,18,19). The normalized spacial score (nSPS) is 10.5. The maximum Gasteiger partial charge on any atom is 0.141 e. The van der Waals surface area contributed by atoms with E-state index in [4.69, 9.17) is 4.74 Å². The summed E-state index contributed by atoms with van der Waals surface area (Å²) < 4.78 is 5.08. The topological polar surface area (TPSA) is 67.3 Å². The molecule has 0 bridgehead atoms. The lowest BCUT2D eigenvalue weighted by atomic mass is 10.1. The number of anilines is 1. The summed E-state index contributed by atoms with van der Waals surface area (Å²) in [5.41, 5.74) is 1.66. The van der Waals surface area contributed by atoms with Crippen LogP contribution in [0.2, 0.25) is 0 Å². The van der Waals surface area contributed by atoms with Crippen LogP contribution >= 0.6 is 0 Å². The average molecular weight is 281 g/mol. The number of rotatable bonds is 4. The Hall–Kier alpha value is -2.82. The largest absolute Gasteiger partial charge is 0.506 e. The summed E-state index contributed by atoms with van der Waals surface area (Å²) >= 11 is 0. The minimum atomic E-state index is 0.192. The first-order chi connectivity index (χ1) is 10.3. The molecule has 2 N–H and O–H groups in total. The maximum absolute atomic E-state index is 9.83. The van der Waals surface area contributed by atoms with Crippen molar-refractivity contribution in [1.82, 2.24) is 9.97 Å². The van der Waals surface area contributed by atoms with Crippen LogP contribution < -0.4 is 10.1 Å². The van der Waals surface area contributed by atoms with E-state index in [0.717, 1.165) is 22.5 Å². The van der Waals surface area contributed by atoms with E-state index in [9.17, 15) is 5.11 Å². The first-order valence-electron chi connectivity index (χ1n) is 6.57. The minimum Gasteiger partial charge on any atom is -0.506 e. The summed E-state index contributed by atoms with van der Waals surface area (Å²) in [6.45, 7) is 0.599. The zero-order valence-corrected chi connectivity index (χ0v) is 11.6. The number of fused-ring (bicyclic) bond motifs is 1. The molecule has 0 aliphatic carbocycles. The van der Waals surface area contributed by atoms with E-state index in [1.54, 1.807) is 25.6 Å². The van der Waals surface area contributed by atoms with Gasteiger partial charge in [0.25, 0.3) is 0 Å². The predicted molar refractivity (Wildman–Crippen MR) is 81.5 cm³/mol. The van der Waals surface area contributed by atoms with Crippen molar-refractivity contribution in [3.05, 3.63) is 54.4 Å². The van der Waals surface area contributed by atoms with Crippen LogP contribution in [-0.2, 0) is 6.54 Å². The van der Waals surface area contributed by atoms with Crippen molar-refractivity contribution >= 4 is 16.7 Å². The molecule has 0 aliphatic heterocycles. The van der Waals surface area contributed by atoms with Gasteiger partial charge in [0.1, 0.15) is 22.8 Å². The molecule has 0 spiro atoms. The molecule has 0 saturated carbocycles. The van der Waals surface area contributed by atoms with Crippen LogP contribution in [-0.4, -0.2) is 22.2 Å². The van der Waals surface area contributed by atoms with Crippen LogP contribution in [0.15, 0.2) is 48.8 Å². The molecule has 21 heavy (non-hydrogen) atoms. The highest BCUT2D eigenvalue weighted by Gasteiger charge is 2.06. The molecular weight excluding hydrogens is 266 g/mol. The van der Waals surface area contributed by atoms with Gasteiger partial charge in [0, 0.05) is 18.1 Å². The first-order valence-corrected chi connectivity index (χ1v) is 6.57. The molecule has 0 atom stereocenters. The van der Waals surface area contributed by atoms with E-state index in [0.29, 0.717) is 12.1 Å². The quantitative estimate of drug-likeness (QED) is 0.769. The van der Waals surface area contributed by atoms with Crippen molar-refractivity contribution in [1.29, 1.82) is 0 Å². The summed E-state index contributed by atoms with van der Waals surface area (Å²) in [6.07, 6.45) is 3.34. The van der Waals surface area contributed by atoms with Crippen LogP contribution in [0, 0.1) is 0 Å². The zero-order chi connectivity index (χ0) is 14.7. The molecule has 0 unspecified atom stereocenters. The number of aromatic hydroxyl groups is 1. The van der Waals surface area contributed by atoms with Crippen molar-refractivity contribution in [2.75, 3.05) is 12.4 Å². The fourth-order valence-electron chi connectivity index (χ4n) is 2.16. The maximum atomic E-state index is 9.83. The highest BCUT2D eigenvalue weighted by Crippen LogP contribution is 2.25. The molecule has 5 nitrogen and oxygen atoms in total. The predicted octanol–water partition coefficient (Wildman–Crippen LogP) is 2.96. The van der Waals surface area contributed by atoms with E-state index in [1.807, 2.05) is 30.3 Å². The second-order valence-corrected chi connectivity index (χ2v) is 4.58. The molecule has 0 fully saturated rings. The number of nitrogens with zero attached hydrogens (tertiary/aromatic N) is 2. The number of phenols is 1. The van der Waals surface area contributed by atoms with Gasteiger partial charge in [-0.3, -0.25) is 4.98 Å². The van der Waals surface area contributed by atoms with E-state index >= 15 is 0 Å². The van der Waals surface area contributed by atoms with Crippen molar-refractivity contribution in [3.8, 4) is 11.5 Å². The van der Waals surface area contributed by atoms with E-state index in [2.05, 4.69) is 15.3 Å². The third-order valence-corrected chi connectivity index (χ3v) is 3.27. The summed E-state index contributed by atoms with van der Waals surface area (Å²) in [4.78, 5) is 8.47. The lowest BCUT2D eigenvalue weighted by Gasteiger charge is -2.09. The fraction of sp³-hybridized carbons (Fsp3) is 0.125.